The van der Waals surface area contributed by atoms with Gasteiger partial charge in [-0.05, 0) is 42.5 Å². The van der Waals surface area contributed by atoms with Gasteiger partial charge < -0.3 is 19.3 Å². The third kappa shape index (κ3) is 4.11. The number of likely N-dealkylation sites (tertiary alicyclic amines) is 1. The Labute approximate surface area is 155 Å². The lowest BCUT2D eigenvalue weighted by atomic mass is 9.98. The average molecular weight is 360 g/mol. The SMILES string of the molecule is COc1cc2c(cc1OC)CN(C(=O)CC(=O)N1CCCCCC1)CC2. The molecule has 26 heavy (non-hydrogen) atoms. The second-order valence-corrected chi connectivity index (χ2v) is 7.01. The minimum atomic E-state index is -0.0836. The van der Waals surface area contributed by atoms with Crippen LogP contribution in [0.1, 0.15) is 43.2 Å². The number of methoxy groups -OCH3 is 2. The van der Waals surface area contributed by atoms with E-state index in [9.17, 15) is 9.59 Å². The number of amides is 2. The van der Waals surface area contributed by atoms with Gasteiger partial charge in [-0.3, -0.25) is 9.59 Å². The van der Waals surface area contributed by atoms with Crippen molar-refractivity contribution in [2.75, 3.05) is 33.9 Å². The highest BCUT2D eigenvalue weighted by Crippen LogP contribution is 2.33. The van der Waals surface area contributed by atoms with Gasteiger partial charge in [-0.2, -0.15) is 0 Å². The number of carbonyl (C=O) groups excluding carboxylic acids is 2. The Morgan fingerprint density at radius 1 is 0.846 bits per heavy atom. The van der Waals surface area contributed by atoms with Crippen molar-refractivity contribution < 1.29 is 19.1 Å². The van der Waals surface area contributed by atoms with Gasteiger partial charge in [-0.15, -0.1) is 0 Å². The van der Waals surface area contributed by atoms with Crippen LogP contribution in [0.4, 0.5) is 0 Å². The molecule has 1 aromatic rings. The van der Waals surface area contributed by atoms with Gasteiger partial charge in [0.1, 0.15) is 6.42 Å². The van der Waals surface area contributed by atoms with E-state index >= 15 is 0 Å². The van der Waals surface area contributed by atoms with E-state index in [1.165, 1.54) is 18.4 Å². The molecular formula is C20H28N2O4. The molecule has 0 aliphatic carbocycles. The van der Waals surface area contributed by atoms with E-state index in [0.717, 1.165) is 37.9 Å². The maximum Gasteiger partial charge on any atom is 0.232 e. The van der Waals surface area contributed by atoms with Crippen molar-refractivity contribution in [1.82, 2.24) is 9.80 Å². The standard InChI is InChI=1S/C20H28N2O4/c1-25-17-11-15-7-10-22(14-16(15)12-18(17)26-2)20(24)13-19(23)21-8-5-3-4-6-9-21/h11-12H,3-10,13-14H2,1-2H3. The van der Waals surface area contributed by atoms with Gasteiger partial charge in [-0.25, -0.2) is 0 Å². The molecule has 1 aromatic carbocycles. The van der Waals surface area contributed by atoms with E-state index in [0.29, 0.717) is 24.6 Å². The number of rotatable bonds is 4. The second kappa shape index (κ2) is 8.43. The fourth-order valence-electron chi connectivity index (χ4n) is 3.77. The van der Waals surface area contributed by atoms with Gasteiger partial charge >= 0.3 is 0 Å². The monoisotopic (exact) mass is 360 g/mol. The maximum absolute atomic E-state index is 12.6. The van der Waals surface area contributed by atoms with E-state index in [1.807, 2.05) is 17.0 Å². The summed E-state index contributed by atoms with van der Waals surface area (Å²) in [4.78, 5) is 28.8. The lowest BCUT2D eigenvalue weighted by Crippen LogP contribution is -2.40. The van der Waals surface area contributed by atoms with E-state index in [2.05, 4.69) is 0 Å². The fraction of sp³-hybridized carbons (Fsp3) is 0.600. The fourth-order valence-corrected chi connectivity index (χ4v) is 3.77. The van der Waals surface area contributed by atoms with E-state index in [4.69, 9.17) is 9.47 Å². The molecule has 1 saturated heterocycles. The Kier molecular flexibility index (Phi) is 6.01. The van der Waals surface area contributed by atoms with Crippen LogP contribution in [0.15, 0.2) is 12.1 Å². The third-order valence-electron chi connectivity index (χ3n) is 5.33. The zero-order chi connectivity index (χ0) is 18.5. The van der Waals surface area contributed by atoms with Gasteiger partial charge in [0.05, 0.1) is 14.2 Å². The van der Waals surface area contributed by atoms with Crippen LogP contribution in [0.2, 0.25) is 0 Å². The molecule has 0 N–H and O–H groups in total. The van der Waals surface area contributed by atoms with Gasteiger partial charge in [0, 0.05) is 26.2 Å². The zero-order valence-electron chi connectivity index (χ0n) is 15.8. The van der Waals surface area contributed by atoms with Gasteiger partial charge in [0.2, 0.25) is 11.8 Å². The molecule has 2 amide bonds. The van der Waals surface area contributed by atoms with Crippen LogP contribution in [0.5, 0.6) is 11.5 Å². The molecule has 2 heterocycles. The first-order valence-corrected chi connectivity index (χ1v) is 9.41. The quantitative estimate of drug-likeness (QED) is 0.774. The molecule has 2 aliphatic rings. The van der Waals surface area contributed by atoms with E-state index < -0.39 is 0 Å². The normalized spacial score (nSPS) is 17.3. The summed E-state index contributed by atoms with van der Waals surface area (Å²) >= 11 is 0. The van der Waals surface area contributed by atoms with Crippen LogP contribution in [-0.2, 0) is 22.6 Å². The molecule has 0 spiro atoms. The molecule has 6 heteroatoms. The second-order valence-electron chi connectivity index (χ2n) is 7.01. The summed E-state index contributed by atoms with van der Waals surface area (Å²) in [5.74, 6) is 1.26. The molecule has 0 saturated carbocycles. The predicted molar refractivity (Wildman–Crippen MR) is 98.3 cm³/mol. The van der Waals surface area contributed by atoms with Crippen LogP contribution in [-0.4, -0.2) is 55.5 Å². The highest BCUT2D eigenvalue weighted by molar-refractivity contribution is 5.97. The van der Waals surface area contributed by atoms with Crippen molar-refractivity contribution in [3.8, 4) is 11.5 Å². The maximum atomic E-state index is 12.6. The van der Waals surface area contributed by atoms with Crippen molar-refractivity contribution in [2.45, 2.75) is 45.1 Å². The Morgan fingerprint density at radius 2 is 1.42 bits per heavy atom. The minimum Gasteiger partial charge on any atom is -0.493 e. The molecule has 2 aliphatic heterocycles. The Morgan fingerprint density at radius 3 is 2.04 bits per heavy atom. The van der Waals surface area contributed by atoms with Crippen LogP contribution in [0, 0.1) is 0 Å². The Balaban J connectivity index is 1.64. The van der Waals surface area contributed by atoms with Gasteiger partial charge in [0.25, 0.3) is 0 Å². The number of benzene rings is 1. The molecule has 142 valence electrons. The number of hydrogen-bond donors (Lipinski definition) is 0. The minimum absolute atomic E-state index is 0.0252. The van der Waals surface area contributed by atoms with Crippen LogP contribution >= 0.6 is 0 Å². The molecule has 0 radical (unpaired) electrons. The first kappa shape index (κ1) is 18.5. The first-order chi connectivity index (χ1) is 12.6. The van der Waals surface area contributed by atoms with Crippen molar-refractivity contribution in [1.29, 1.82) is 0 Å². The number of ether oxygens (including phenoxy) is 2. The largest absolute Gasteiger partial charge is 0.493 e. The third-order valence-corrected chi connectivity index (χ3v) is 5.33. The summed E-state index contributed by atoms with van der Waals surface area (Å²) in [5.41, 5.74) is 2.23. The number of fused-ring (bicyclic) bond motifs is 1. The van der Waals surface area contributed by atoms with Crippen molar-refractivity contribution in [2.24, 2.45) is 0 Å². The van der Waals surface area contributed by atoms with Crippen LogP contribution < -0.4 is 9.47 Å². The van der Waals surface area contributed by atoms with E-state index in [-0.39, 0.29) is 18.2 Å². The lowest BCUT2D eigenvalue weighted by Gasteiger charge is -2.30. The zero-order valence-corrected chi connectivity index (χ0v) is 15.8. The molecule has 6 nitrogen and oxygen atoms in total. The number of nitrogens with zero attached hydrogens (tertiary/aromatic N) is 2. The van der Waals surface area contributed by atoms with Crippen molar-refractivity contribution >= 4 is 11.8 Å². The topological polar surface area (TPSA) is 59.1 Å². The van der Waals surface area contributed by atoms with Crippen molar-refractivity contribution in [3.05, 3.63) is 23.3 Å². The molecule has 0 unspecified atom stereocenters. The molecule has 1 fully saturated rings. The van der Waals surface area contributed by atoms with Gasteiger partial charge in [0.15, 0.2) is 11.5 Å². The highest BCUT2D eigenvalue weighted by Gasteiger charge is 2.26. The summed E-state index contributed by atoms with van der Waals surface area (Å²) in [6, 6.07) is 3.92. The average Bonchev–Trinajstić information content (AvgIpc) is 2.95. The van der Waals surface area contributed by atoms with Crippen LogP contribution in [0.25, 0.3) is 0 Å². The first-order valence-electron chi connectivity index (χ1n) is 9.41. The molecular weight excluding hydrogens is 332 g/mol. The highest BCUT2D eigenvalue weighted by atomic mass is 16.5. The van der Waals surface area contributed by atoms with Crippen LogP contribution in [0.3, 0.4) is 0 Å². The Hall–Kier alpha value is -2.24. The molecule has 0 atom stereocenters. The van der Waals surface area contributed by atoms with Gasteiger partial charge in [-0.1, -0.05) is 12.8 Å². The predicted octanol–water partition coefficient (Wildman–Crippen LogP) is 2.38. The molecule has 0 bridgehead atoms. The summed E-state index contributed by atoms with van der Waals surface area (Å²) in [5, 5.41) is 0. The number of carbonyl (C=O) groups is 2. The smallest absolute Gasteiger partial charge is 0.232 e. The van der Waals surface area contributed by atoms with E-state index in [1.54, 1.807) is 19.1 Å². The Bertz CT molecular complexity index is 666. The van der Waals surface area contributed by atoms with Crippen molar-refractivity contribution in [3.63, 3.8) is 0 Å². The summed E-state index contributed by atoms with van der Waals surface area (Å²) in [6.45, 7) is 2.72. The number of hydrogen-bond acceptors (Lipinski definition) is 4. The lowest BCUT2D eigenvalue weighted by molar-refractivity contribution is -0.141. The molecule has 3 rings (SSSR count). The summed E-state index contributed by atoms with van der Waals surface area (Å²) < 4.78 is 10.7. The molecule has 0 aromatic heterocycles. The summed E-state index contributed by atoms with van der Waals surface area (Å²) in [6.07, 6.45) is 5.16. The summed E-state index contributed by atoms with van der Waals surface area (Å²) in [7, 11) is 3.23.